The van der Waals surface area contributed by atoms with Gasteiger partial charge in [-0.25, -0.2) is 0 Å². The molecule has 0 saturated carbocycles. The van der Waals surface area contributed by atoms with Crippen molar-refractivity contribution < 1.29 is 28.5 Å². The lowest BCUT2D eigenvalue weighted by atomic mass is 9.69. The highest BCUT2D eigenvalue weighted by atomic mass is 16.7. The van der Waals surface area contributed by atoms with Gasteiger partial charge in [-0.15, -0.1) is 0 Å². The smallest absolute Gasteiger partial charge is 0.231 e. The fourth-order valence-corrected chi connectivity index (χ4v) is 4.93. The molecule has 2 aliphatic heterocycles. The number of methoxy groups -OCH3 is 2. The Morgan fingerprint density at radius 2 is 1.81 bits per heavy atom. The van der Waals surface area contributed by atoms with Crippen molar-refractivity contribution in [2.75, 3.05) is 21.0 Å². The Morgan fingerprint density at radius 3 is 2.41 bits per heavy atom. The number of nitrogens with zero attached hydrogens (tertiary/aromatic N) is 1. The van der Waals surface area contributed by atoms with E-state index >= 15 is 0 Å². The Kier molecular flexibility index (Phi) is 5.45. The van der Waals surface area contributed by atoms with E-state index in [-0.39, 0.29) is 29.4 Å². The number of nitrogens with two attached hydrogens (primary N) is 1. The third kappa shape index (κ3) is 3.24. The molecule has 32 heavy (non-hydrogen) atoms. The number of fused-ring (bicyclic) bond motifs is 1. The maximum atomic E-state index is 13.4. The lowest BCUT2D eigenvalue weighted by Gasteiger charge is -2.38. The molecule has 0 amide bonds. The summed E-state index contributed by atoms with van der Waals surface area (Å²) in [5.41, 5.74) is 8.01. The molecule has 0 aromatic heterocycles. The molecule has 3 aliphatic rings. The van der Waals surface area contributed by atoms with Crippen LogP contribution < -0.4 is 24.7 Å². The SMILES string of the molecule is CCCc1c(OC)c2c(c(OC)c1[C@@H]1C(C#N)=C(N)OC3=C1C(=O)CC(C)(C)C3)OCO2. The zero-order chi connectivity index (χ0) is 23.2. The first-order valence-corrected chi connectivity index (χ1v) is 10.7. The zero-order valence-electron chi connectivity index (χ0n) is 19.1. The molecule has 8 heteroatoms. The Hall–Kier alpha value is -3.34. The minimum Gasteiger partial charge on any atom is -0.492 e. The molecule has 1 aliphatic carbocycles. The lowest BCUT2D eigenvalue weighted by molar-refractivity contribution is -0.119. The van der Waals surface area contributed by atoms with Crippen molar-refractivity contribution in [1.29, 1.82) is 5.26 Å². The Labute approximate surface area is 187 Å². The van der Waals surface area contributed by atoms with Gasteiger partial charge in [-0.05, 0) is 11.8 Å². The van der Waals surface area contributed by atoms with Crippen LogP contribution in [0.3, 0.4) is 0 Å². The van der Waals surface area contributed by atoms with Gasteiger partial charge in [0, 0.05) is 29.5 Å². The number of ether oxygens (including phenoxy) is 5. The second kappa shape index (κ2) is 7.97. The standard InChI is InChI=1S/C24H28N2O6/c1-6-7-12-17(20(29-5)22-21(19(12)28-4)30-11-31-22)16-13(10-25)23(26)32-15-9-24(2,3)8-14(27)18(15)16/h16H,6-9,11,26H2,1-5H3/t16-/m0/s1. The summed E-state index contributed by atoms with van der Waals surface area (Å²) < 4.78 is 28.8. The van der Waals surface area contributed by atoms with Gasteiger partial charge in [-0.1, -0.05) is 27.2 Å². The van der Waals surface area contributed by atoms with E-state index in [0.29, 0.717) is 59.2 Å². The van der Waals surface area contributed by atoms with Gasteiger partial charge in [-0.2, -0.15) is 5.26 Å². The van der Waals surface area contributed by atoms with Gasteiger partial charge in [0.05, 0.1) is 20.1 Å². The summed E-state index contributed by atoms with van der Waals surface area (Å²) >= 11 is 0. The molecule has 1 aromatic rings. The van der Waals surface area contributed by atoms with Crippen molar-refractivity contribution in [2.45, 2.75) is 52.4 Å². The minimum absolute atomic E-state index is 0.00267. The van der Waals surface area contributed by atoms with Crippen LogP contribution in [0.4, 0.5) is 0 Å². The number of hydrogen-bond donors (Lipinski definition) is 1. The van der Waals surface area contributed by atoms with Gasteiger partial charge < -0.3 is 29.4 Å². The fraction of sp³-hybridized carbons (Fsp3) is 0.500. The predicted molar refractivity (Wildman–Crippen MR) is 115 cm³/mol. The van der Waals surface area contributed by atoms with Crippen molar-refractivity contribution in [3.05, 3.63) is 33.9 Å². The molecule has 1 atom stereocenters. The number of ketones is 1. The van der Waals surface area contributed by atoms with Crippen LogP contribution in [0.25, 0.3) is 0 Å². The lowest BCUT2D eigenvalue weighted by Crippen LogP contribution is -2.34. The first kappa shape index (κ1) is 21.9. The first-order valence-electron chi connectivity index (χ1n) is 10.7. The highest BCUT2D eigenvalue weighted by Gasteiger charge is 2.46. The quantitative estimate of drug-likeness (QED) is 0.735. The number of hydrogen-bond acceptors (Lipinski definition) is 8. The van der Waals surface area contributed by atoms with Crippen LogP contribution in [0, 0.1) is 16.7 Å². The van der Waals surface area contributed by atoms with E-state index in [2.05, 4.69) is 6.07 Å². The third-order valence-electron chi connectivity index (χ3n) is 6.14. The summed E-state index contributed by atoms with van der Waals surface area (Å²) in [7, 11) is 3.09. The van der Waals surface area contributed by atoms with Gasteiger partial charge in [0.15, 0.2) is 17.3 Å². The van der Waals surface area contributed by atoms with Crippen molar-refractivity contribution in [1.82, 2.24) is 0 Å². The summed E-state index contributed by atoms with van der Waals surface area (Å²) in [6.45, 7) is 6.09. The predicted octanol–water partition coefficient (Wildman–Crippen LogP) is 3.84. The summed E-state index contributed by atoms with van der Waals surface area (Å²) in [5, 5.41) is 10.0. The molecule has 1 aromatic carbocycles. The van der Waals surface area contributed by atoms with Crippen molar-refractivity contribution in [3.63, 3.8) is 0 Å². The second-order valence-corrected chi connectivity index (χ2v) is 8.98. The van der Waals surface area contributed by atoms with E-state index in [1.165, 1.54) is 7.11 Å². The molecule has 0 unspecified atom stereocenters. The van der Waals surface area contributed by atoms with Crippen molar-refractivity contribution in [2.24, 2.45) is 11.1 Å². The number of allylic oxidation sites excluding steroid dienone is 3. The number of nitriles is 1. The normalized spacial score (nSPS) is 21.1. The number of rotatable bonds is 5. The fourth-order valence-electron chi connectivity index (χ4n) is 4.93. The van der Waals surface area contributed by atoms with Gasteiger partial charge in [-0.3, -0.25) is 4.79 Å². The molecule has 0 fully saturated rings. The largest absolute Gasteiger partial charge is 0.492 e. The molecule has 2 heterocycles. The molecular formula is C24H28N2O6. The average Bonchev–Trinajstić information content (AvgIpc) is 3.20. The summed E-state index contributed by atoms with van der Waals surface area (Å²) in [6.07, 6.45) is 2.29. The highest BCUT2D eigenvalue weighted by Crippen LogP contribution is 2.58. The van der Waals surface area contributed by atoms with E-state index in [1.54, 1.807) is 7.11 Å². The van der Waals surface area contributed by atoms with Crippen LogP contribution in [0.15, 0.2) is 22.8 Å². The molecule has 0 saturated heterocycles. The molecule has 0 radical (unpaired) electrons. The van der Waals surface area contributed by atoms with Gasteiger partial charge in [0.1, 0.15) is 17.4 Å². The summed E-state index contributed by atoms with van der Waals surface area (Å²) in [6, 6.07) is 2.18. The second-order valence-electron chi connectivity index (χ2n) is 8.98. The molecule has 2 N–H and O–H groups in total. The molecule has 170 valence electrons. The Morgan fingerprint density at radius 1 is 1.16 bits per heavy atom. The number of Topliss-reactive ketones (excluding diaryl/α,β-unsaturated/α-hetero) is 1. The van der Waals surface area contributed by atoms with Crippen LogP contribution in [0.2, 0.25) is 0 Å². The maximum Gasteiger partial charge on any atom is 0.231 e. The number of carbonyl (C=O) groups excluding carboxylic acids is 1. The Bertz CT molecular complexity index is 1090. The topological polar surface area (TPSA) is 113 Å². The van der Waals surface area contributed by atoms with E-state index in [9.17, 15) is 10.1 Å². The molecular weight excluding hydrogens is 412 g/mol. The maximum absolute atomic E-state index is 13.4. The molecule has 4 rings (SSSR count). The van der Waals surface area contributed by atoms with E-state index in [0.717, 1.165) is 12.0 Å². The zero-order valence-corrected chi connectivity index (χ0v) is 19.1. The van der Waals surface area contributed by atoms with Crippen LogP contribution in [-0.2, 0) is 16.0 Å². The highest BCUT2D eigenvalue weighted by molar-refractivity contribution is 6.00. The van der Waals surface area contributed by atoms with Gasteiger partial charge in [0.25, 0.3) is 0 Å². The van der Waals surface area contributed by atoms with Gasteiger partial charge in [0.2, 0.25) is 24.2 Å². The molecule has 0 bridgehead atoms. The van der Waals surface area contributed by atoms with Crippen LogP contribution in [-0.4, -0.2) is 26.8 Å². The summed E-state index contributed by atoms with van der Waals surface area (Å²) in [5.74, 6) is 1.49. The monoisotopic (exact) mass is 440 g/mol. The average molecular weight is 440 g/mol. The van der Waals surface area contributed by atoms with Crippen LogP contribution in [0.1, 0.15) is 57.1 Å². The van der Waals surface area contributed by atoms with E-state index in [4.69, 9.17) is 29.4 Å². The van der Waals surface area contributed by atoms with Gasteiger partial charge >= 0.3 is 0 Å². The number of carbonyl (C=O) groups is 1. The van der Waals surface area contributed by atoms with Crippen molar-refractivity contribution in [3.8, 4) is 29.1 Å². The third-order valence-corrected chi connectivity index (χ3v) is 6.14. The van der Waals surface area contributed by atoms with Crippen LogP contribution in [0.5, 0.6) is 23.0 Å². The van der Waals surface area contributed by atoms with E-state index < -0.39 is 5.92 Å². The summed E-state index contributed by atoms with van der Waals surface area (Å²) in [4.78, 5) is 13.4. The van der Waals surface area contributed by atoms with Crippen molar-refractivity contribution >= 4 is 5.78 Å². The first-order chi connectivity index (χ1) is 15.3. The molecule has 8 nitrogen and oxygen atoms in total. The Balaban J connectivity index is 2.08. The number of benzene rings is 1. The minimum atomic E-state index is -0.743. The molecule has 0 spiro atoms. The van der Waals surface area contributed by atoms with Crippen LogP contribution >= 0.6 is 0 Å². The van der Waals surface area contributed by atoms with E-state index in [1.807, 2.05) is 20.8 Å².